The Morgan fingerprint density at radius 1 is 1.62 bits per heavy atom. The van der Waals surface area contributed by atoms with Crippen LogP contribution in [0.1, 0.15) is 10.4 Å². The Morgan fingerprint density at radius 2 is 2.31 bits per heavy atom. The first kappa shape index (κ1) is 10.2. The summed E-state index contributed by atoms with van der Waals surface area (Å²) in [6.45, 7) is 0. The number of thiocarbonyl (C=S) groups is 1. The standard InChI is InChI=1S/C8H3BrFNOS/c9-5-2-1-3-6(10)7(5)8(12)11-4-13/h1-3H. The van der Waals surface area contributed by atoms with Gasteiger partial charge in [-0.25, -0.2) is 4.39 Å². The van der Waals surface area contributed by atoms with Crippen molar-refractivity contribution in [1.29, 1.82) is 0 Å². The Bertz CT molecular complexity index is 381. The lowest BCUT2D eigenvalue weighted by molar-refractivity contribution is 0.0999. The zero-order valence-corrected chi connectivity index (χ0v) is 8.65. The molecule has 0 aliphatic rings. The fourth-order valence-electron chi connectivity index (χ4n) is 0.799. The summed E-state index contributed by atoms with van der Waals surface area (Å²) >= 11 is 7.27. The molecular weight excluding hydrogens is 257 g/mol. The van der Waals surface area contributed by atoms with Crippen LogP contribution in [0.15, 0.2) is 27.7 Å². The Labute approximate surface area is 87.6 Å². The largest absolute Gasteiger partial charge is 0.289 e. The third-order valence-electron chi connectivity index (χ3n) is 1.32. The van der Waals surface area contributed by atoms with E-state index in [1.54, 1.807) is 6.07 Å². The first-order valence-electron chi connectivity index (χ1n) is 3.23. The van der Waals surface area contributed by atoms with Crippen molar-refractivity contribution < 1.29 is 9.18 Å². The van der Waals surface area contributed by atoms with E-state index in [1.807, 2.05) is 5.16 Å². The van der Waals surface area contributed by atoms with Gasteiger partial charge in [-0.1, -0.05) is 6.07 Å². The molecule has 0 unspecified atom stereocenters. The number of hydrogen-bond donors (Lipinski definition) is 0. The van der Waals surface area contributed by atoms with E-state index < -0.39 is 11.7 Å². The molecule has 66 valence electrons. The highest BCUT2D eigenvalue weighted by Gasteiger charge is 2.13. The maximum absolute atomic E-state index is 13.1. The van der Waals surface area contributed by atoms with Crippen LogP contribution in [-0.2, 0) is 0 Å². The minimum Gasteiger partial charge on any atom is -0.266 e. The molecule has 2 nitrogen and oxygen atoms in total. The van der Waals surface area contributed by atoms with Gasteiger partial charge in [0.25, 0.3) is 5.91 Å². The third kappa shape index (κ3) is 2.28. The second-order valence-corrected chi connectivity index (χ2v) is 3.14. The normalized spacial score (nSPS) is 9.08. The highest BCUT2D eigenvalue weighted by atomic mass is 79.9. The zero-order valence-electron chi connectivity index (χ0n) is 6.25. The van der Waals surface area contributed by atoms with Gasteiger partial charge in [-0.05, 0) is 40.3 Å². The molecule has 1 aromatic rings. The Morgan fingerprint density at radius 3 is 2.85 bits per heavy atom. The van der Waals surface area contributed by atoms with Gasteiger partial charge in [0.15, 0.2) is 0 Å². The summed E-state index contributed by atoms with van der Waals surface area (Å²) in [7, 11) is 0. The summed E-state index contributed by atoms with van der Waals surface area (Å²) in [6, 6.07) is 4.21. The zero-order chi connectivity index (χ0) is 9.84. The number of benzene rings is 1. The van der Waals surface area contributed by atoms with Crippen LogP contribution in [0, 0.1) is 5.82 Å². The lowest BCUT2D eigenvalue weighted by Crippen LogP contribution is -1.99. The summed E-state index contributed by atoms with van der Waals surface area (Å²) in [5, 5.41) is 1.89. The topological polar surface area (TPSA) is 29.4 Å². The van der Waals surface area contributed by atoms with Crippen molar-refractivity contribution in [3.63, 3.8) is 0 Å². The molecule has 0 aliphatic carbocycles. The van der Waals surface area contributed by atoms with Gasteiger partial charge in [0.05, 0.1) is 10.7 Å². The van der Waals surface area contributed by atoms with Gasteiger partial charge in [-0.2, -0.15) is 4.99 Å². The van der Waals surface area contributed by atoms with Gasteiger partial charge in [0.1, 0.15) is 5.82 Å². The average molecular weight is 260 g/mol. The number of rotatable bonds is 1. The Hall–Kier alpha value is -0.900. The molecule has 13 heavy (non-hydrogen) atoms. The van der Waals surface area contributed by atoms with E-state index >= 15 is 0 Å². The number of halogens is 2. The molecular formula is C8H3BrFNOS. The van der Waals surface area contributed by atoms with Crippen LogP contribution >= 0.6 is 28.1 Å². The van der Waals surface area contributed by atoms with Gasteiger partial charge in [-0.15, -0.1) is 0 Å². The number of carbonyl (C=O) groups excluding carboxylic acids is 1. The molecule has 0 saturated heterocycles. The second kappa shape index (κ2) is 4.37. The van der Waals surface area contributed by atoms with Crippen LogP contribution in [0.4, 0.5) is 4.39 Å². The number of isothiocyanates is 1. The minimum absolute atomic E-state index is 0.125. The van der Waals surface area contributed by atoms with Crippen molar-refractivity contribution >= 4 is 39.2 Å². The third-order valence-corrected chi connectivity index (χ3v) is 2.08. The molecule has 0 spiro atoms. The summed E-state index contributed by atoms with van der Waals surface area (Å²) in [5.74, 6) is -1.37. The lowest BCUT2D eigenvalue weighted by Gasteiger charge is -1.98. The van der Waals surface area contributed by atoms with E-state index in [0.29, 0.717) is 4.47 Å². The summed E-state index contributed by atoms with van der Waals surface area (Å²) in [4.78, 5) is 14.3. The van der Waals surface area contributed by atoms with Crippen LogP contribution in [0.3, 0.4) is 0 Å². The van der Waals surface area contributed by atoms with E-state index in [0.717, 1.165) is 0 Å². The van der Waals surface area contributed by atoms with Crippen LogP contribution in [0.25, 0.3) is 0 Å². The van der Waals surface area contributed by atoms with Crippen LogP contribution < -0.4 is 0 Å². The van der Waals surface area contributed by atoms with Crippen LogP contribution in [0.5, 0.6) is 0 Å². The summed E-state index contributed by atoms with van der Waals surface area (Å²) in [6.07, 6.45) is 0. The van der Waals surface area contributed by atoms with Crippen molar-refractivity contribution in [2.75, 3.05) is 0 Å². The first-order chi connectivity index (χ1) is 6.16. The molecule has 0 heterocycles. The lowest BCUT2D eigenvalue weighted by atomic mass is 10.2. The van der Waals surface area contributed by atoms with Crippen molar-refractivity contribution in [2.24, 2.45) is 4.99 Å². The minimum atomic E-state index is -0.736. The quantitative estimate of drug-likeness (QED) is 0.574. The van der Waals surface area contributed by atoms with E-state index in [9.17, 15) is 9.18 Å². The van der Waals surface area contributed by atoms with E-state index in [1.165, 1.54) is 12.1 Å². The van der Waals surface area contributed by atoms with E-state index in [2.05, 4.69) is 33.1 Å². The molecule has 0 fully saturated rings. The van der Waals surface area contributed by atoms with E-state index in [-0.39, 0.29) is 5.56 Å². The Kier molecular flexibility index (Phi) is 3.42. The van der Waals surface area contributed by atoms with E-state index in [4.69, 9.17) is 0 Å². The van der Waals surface area contributed by atoms with Crippen LogP contribution in [0.2, 0.25) is 0 Å². The predicted molar refractivity (Wildman–Crippen MR) is 53.5 cm³/mol. The molecule has 0 aliphatic heterocycles. The molecule has 0 N–H and O–H groups in total. The summed E-state index contributed by atoms with van der Waals surface area (Å²) in [5.41, 5.74) is -0.125. The van der Waals surface area contributed by atoms with Crippen molar-refractivity contribution in [1.82, 2.24) is 0 Å². The van der Waals surface area contributed by atoms with Gasteiger partial charge >= 0.3 is 0 Å². The fourth-order valence-corrected chi connectivity index (χ4v) is 1.39. The maximum Gasteiger partial charge on any atom is 0.289 e. The summed E-state index contributed by atoms with van der Waals surface area (Å²) < 4.78 is 13.4. The molecule has 0 aromatic heterocycles. The highest BCUT2D eigenvalue weighted by Crippen LogP contribution is 2.20. The molecule has 0 saturated carbocycles. The average Bonchev–Trinajstić information content (AvgIpc) is 2.04. The van der Waals surface area contributed by atoms with Gasteiger partial charge < -0.3 is 0 Å². The first-order valence-corrected chi connectivity index (χ1v) is 4.43. The molecule has 0 atom stereocenters. The molecule has 0 radical (unpaired) electrons. The molecule has 0 bridgehead atoms. The number of carbonyl (C=O) groups is 1. The van der Waals surface area contributed by atoms with Crippen molar-refractivity contribution in [3.05, 3.63) is 34.1 Å². The molecule has 1 amide bonds. The maximum atomic E-state index is 13.1. The Balaban J connectivity index is 3.27. The smallest absolute Gasteiger partial charge is 0.266 e. The van der Waals surface area contributed by atoms with Gasteiger partial charge in [-0.3, -0.25) is 4.79 Å². The highest BCUT2D eigenvalue weighted by molar-refractivity contribution is 9.10. The molecule has 1 rings (SSSR count). The monoisotopic (exact) mass is 259 g/mol. The number of amides is 1. The SMILES string of the molecule is O=C(N=C=S)c1c(F)cccc1Br. The number of aliphatic imine (C=N–C) groups is 1. The molecule has 5 heteroatoms. The van der Waals surface area contributed by atoms with Gasteiger partial charge in [0, 0.05) is 4.47 Å². The fraction of sp³-hybridized carbons (Fsp3) is 0. The number of hydrogen-bond acceptors (Lipinski definition) is 2. The van der Waals surface area contributed by atoms with Crippen molar-refractivity contribution in [3.8, 4) is 0 Å². The number of nitrogens with zero attached hydrogens (tertiary/aromatic N) is 1. The second-order valence-electron chi connectivity index (χ2n) is 2.10. The van der Waals surface area contributed by atoms with Crippen molar-refractivity contribution in [2.45, 2.75) is 0 Å². The molecule has 1 aromatic carbocycles. The van der Waals surface area contributed by atoms with Crippen LogP contribution in [-0.4, -0.2) is 11.1 Å². The predicted octanol–water partition coefficient (Wildman–Crippen LogP) is 2.83. The van der Waals surface area contributed by atoms with Gasteiger partial charge in [0.2, 0.25) is 0 Å².